The van der Waals surface area contributed by atoms with Crippen LogP contribution in [0.5, 0.6) is 0 Å². The van der Waals surface area contributed by atoms with Crippen LogP contribution in [0.4, 0.5) is 20.7 Å². The van der Waals surface area contributed by atoms with E-state index in [-0.39, 0.29) is 16.2 Å². The quantitative estimate of drug-likeness (QED) is 0.202. The van der Waals surface area contributed by atoms with Gasteiger partial charge in [-0.1, -0.05) is 50.6 Å². The number of sulfone groups is 1. The third-order valence-electron chi connectivity index (χ3n) is 7.78. The normalized spacial score (nSPS) is 15.2. The number of piperidine rings is 1. The SMILES string of the molecule is Cc1ccc(-n2nc(C(C)(C)C)cc2NC(=O)Nc2ccc(C(C3CCNCC3)S(=O)(=O)c3ccc(F)cc3)cc2)cc1. The summed E-state index contributed by atoms with van der Waals surface area (Å²) in [4.78, 5) is 13.2. The predicted octanol–water partition coefficient (Wildman–Crippen LogP) is 6.78. The Labute approximate surface area is 252 Å². The molecule has 4 aromatic rings. The molecule has 0 bridgehead atoms. The minimum Gasteiger partial charge on any atom is -0.317 e. The number of aromatic nitrogens is 2. The minimum absolute atomic E-state index is 0.0961. The number of hydrogen-bond donors (Lipinski definition) is 3. The maximum absolute atomic E-state index is 13.8. The van der Waals surface area contributed by atoms with Crippen LogP contribution in [0, 0.1) is 18.7 Å². The molecule has 5 rings (SSSR count). The van der Waals surface area contributed by atoms with E-state index in [0.717, 1.165) is 30.0 Å². The Bertz CT molecular complexity index is 1670. The second-order valence-electron chi connectivity index (χ2n) is 12.1. The molecule has 0 radical (unpaired) electrons. The van der Waals surface area contributed by atoms with Gasteiger partial charge >= 0.3 is 6.03 Å². The highest BCUT2D eigenvalue weighted by molar-refractivity contribution is 7.91. The van der Waals surface area contributed by atoms with Crippen molar-refractivity contribution in [1.29, 1.82) is 0 Å². The van der Waals surface area contributed by atoms with E-state index in [9.17, 15) is 17.6 Å². The van der Waals surface area contributed by atoms with Gasteiger partial charge in [0.1, 0.15) is 11.6 Å². The summed E-state index contributed by atoms with van der Waals surface area (Å²) < 4.78 is 42.9. The summed E-state index contributed by atoms with van der Waals surface area (Å²) in [7, 11) is -3.79. The highest BCUT2D eigenvalue weighted by Gasteiger charge is 2.36. The number of rotatable bonds is 7. The average Bonchev–Trinajstić information content (AvgIpc) is 3.39. The van der Waals surface area contributed by atoms with Gasteiger partial charge in [-0.15, -0.1) is 0 Å². The van der Waals surface area contributed by atoms with Gasteiger partial charge in [-0.05, 0) is 92.9 Å². The van der Waals surface area contributed by atoms with Crippen LogP contribution < -0.4 is 16.0 Å². The van der Waals surface area contributed by atoms with Crippen molar-refractivity contribution in [3.63, 3.8) is 0 Å². The Balaban J connectivity index is 1.37. The monoisotopic (exact) mass is 603 g/mol. The molecule has 226 valence electrons. The van der Waals surface area contributed by atoms with Crippen LogP contribution in [0.1, 0.15) is 55.7 Å². The van der Waals surface area contributed by atoms with E-state index in [1.165, 1.54) is 24.3 Å². The molecule has 1 aliphatic heterocycles. The smallest absolute Gasteiger partial charge is 0.317 e. The van der Waals surface area contributed by atoms with E-state index in [1.54, 1.807) is 28.9 Å². The lowest BCUT2D eigenvalue weighted by molar-refractivity contribution is 0.262. The maximum Gasteiger partial charge on any atom is 0.324 e. The van der Waals surface area contributed by atoms with Gasteiger partial charge < -0.3 is 10.6 Å². The number of hydrogen-bond acceptors (Lipinski definition) is 5. The van der Waals surface area contributed by atoms with Crippen molar-refractivity contribution in [2.75, 3.05) is 23.7 Å². The standard InChI is InChI=1S/C33H38FN5O3S/c1-22-5-13-27(14-6-22)39-30(21-29(38-39)33(2,3)4)37-32(40)36-26-11-7-23(8-12-26)31(24-17-19-35-20-18-24)43(41,42)28-15-9-25(34)10-16-28/h5-16,21,24,31,35H,17-20H2,1-4H3,(H2,36,37,40). The first-order valence-corrected chi connectivity index (χ1v) is 16.0. The zero-order valence-electron chi connectivity index (χ0n) is 24.9. The van der Waals surface area contributed by atoms with Crippen LogP contribution in [0.25, 0.3) is 5.69 Å². The van der Waals surface area contributed by atoms with E-state index in [2.05, 4.69) is 36.7 Å². The van der Waals surface area contributed by atoms with Gasteiger partial charge in [0.15, 0.2) is 9.84 Å². The van der Waals surface area contributed by atoms with Crippen LogP contribution in [0.2, 0.25) is 0 Å². The molecular weight excluding hydrogens is 565 g/mol. The number of aryl methyl sites for hydroxylation is 1. The van der Waals surface area contributed by atoms with E-state index in [4.69, 9.17) is 5.10 Å². The molecule has 43 heavy (non-hydrogen) atoms. The third-order valence-corrected chi connectivity index (χ3v) is 10.0. The number of anilines is 2. The van der Waals surface area contributed by atoms with Crippen molar-refractivity contribution < 1.29 is 17.6 Å². The summed E-state index contributed by atoms with van der Waals surface area (Å²) in [6.45, 7) is 9.67. The fourth-order valence-electron chi connectivity index (χ4n) is 5.38. The molecule has 1 atom stereocenters. The molecule has 0 spiro atoms. The molecule has 2 amide bonds. The lowest BCUT2D eigenvalue weighted by atomic mass is 9.90. The van der Waals surface area contributed by atoms with Gasteiger partial charge in [0.25, 0.3) is 0 Å². The molecule has 2 heterocycles. The molecule has 8 nitrogen and oxygen atoms in total. The topological polar surface area (TPSA) is 105 Å². The molecular formula is C33H38FN5O3S. The molecule has 1 aromatic heterocycles. The van der Waals surface area contributed by atoms with Crippen LogP contribution in [0.3, 0.4) is 0 Å². The Hall–Kier alpha value is -4.02. The molecule has 0 aliphatic carbocycles. The van der Waals surface area contributed by atoms with E-state index in [0.29, 0.717) is 29.9 Å². The zero-order chi connectivity index (χ0) is 30.8. The summed E-state index contributed by atoms with van der Waals surface area (Å²) in [6.07, 6.45) is 1.41. The fraction of sp³-hybridized carbons (Fsp3) is 0.333. The van der Waals surface area contributed by atoms with Crippen LogP contribution in [-0.4, -0.2) is 37.3 Å². The largest absolute Gasteiger partial charge is 0.324 e. The first-order valence-electron chi connectivity index (χ1n) is 14.5. The number of nitrogens with zero attached hydrogens (tertiary/aromatic N) is 2. The number of carbonyl (C=O) groups excluding carboxylic acids is 1. The number of benzene rings is 3. The molecule has 3 N–H and O–H groups in total. The van der Waals surface area contributed by atoms with Crippen molar-refractivity contribution in [1.82, 2.24) is 15.1 Å². The van der Waals surface area contributed by atoms with Crippen molar-refractivity contribution in [3.05, 3.63) is 102 Å². The van der Waals surface area contributed by atoms with Crippen molar-refractivity contribution in [3.8, 4) is 5.69 Å². The Kier molecular flexibility index (Phi) is 8.71. The molecule has 10 heteroatoms. The molecule has 1 fully saturated rings. The molecule has 1 saturated heterocycles. The molecule has 0 saturated carbocycles. The van der Waals surface area contributed by atoms with Gasteiger partial charge in [-0.25, -0.2) is 22.3 Å². The second-order valence-corrected chi connectivity index (χ2v) is 14.2. The number of halogens is 1. The number of nitrogens with one attached hydrogen (secondary N) is 3. The summed E-state index contributed by atoms with van der Waals surface area (Å²) in [5.74, 6) is -0.0561. The second kappa shape index (κ2) is 12.3. The minimum atomic E-state index is -3.79. The summed E-state index contributed by atoms with van der Waals surface area (Å²) in [5, 5.41) is 13.0. The highest BCUT2D eigenvalue weighted by atomic mass is 32.2. The Morgan fingerprint density at radius 2 is 1.58 bits per heavy atom. The Morgan fingerprint density at radius 1 is 0.953 bits per heavy atom. The fourth-order valence-corrected chi connectivity index (χ4v) is 7.48. The average molecular weight is 604 g/mol. The van der Waals surface area contributed by atoms with E-state index >= 15 is 0 Å². The van der Waals surface area contributed by atoms with Gasteiger partial charge in [-0.3, -0.25) is 5.32 Å². The van der Waals surface area contributed by atoms with Gasteiger partial charge in [0.05, 0.1) is 21.5 Å². The van der Waals surface area contributed by atoms with Crippen molar-refractivity contribution in [2.45, 2.75) is 56.1 Å². The van der Waals surface area contributed by atoms with Crippen LogP contribution in [-0.2, 0) is 15.3 Å². The van der Waals surface area contributed by atoms with Crippen molar-refractivity contribution in [2.24, 2.45) is 5.92 Å². The van der Waals surface area contributed by atoms with E-state index < -0.39 is 26.9 Å². The summed E-state index contributed by atoms with van der Waals surface area (Å²) in [5.41, 5.74) is 3.70. The lowest BCUT2D eigenvalue weighted by Gasteiger charge is -2.31. The number of amides is 2. The van der Waals surface area contributed by atoms with Crippen molar-refractivity contribution >= 4 is 27.4 Å². The first kappa shape index (κ1) is 30.4. The lowest BCUT2D eigenvalue weighted by Crippen LogP contribution is -2.33. The van der Waals surface area contributed by atoms with Gasteiger partial charge in [0.2, 0.25) is 0 Å². The third kappa shape index (κ3) is 6.97. The number of urea groups is 1. The maximum atomic E-state index is 13.8. The zero-order valence-corrected chi connectivity index (χ0v) is 25.7. The Morgan fingerprint density at radius 3 is 2.19 bits per heavy atom. The summed E-state index contributed by atoms with van der Waals surface area (Å²) >= 11 is 0. The highest BCUT2D eigenvalue weighted by Crippen LogP contribution is 2.39. The molecule has 1 aliphatic rings. The number of carbonyl (C=O) groups is 1. The van der Waals surface area contributed by atoms with Gasteiger partial charge in [0, 0.05) is 17.2 Å². The molecule has 3 aromatic carbocycles. The predicted molar refractivity (Wildman–Crippen MR) is 168 cm³/mol. The van der Waals surface area contributed by atoms with Crippen LogP contribution >= 0.6 is 0 Å². The van der Waals surface area contributed by atoms with E-state index in [1.807, 2.05) is 37.3 Å². The van der Waals surface area contributed by atoms with Gasteiger partial charge in [-0.2, -0.15) is 5.10 Å². The first-order chi connectivity index (χ1) is 20.4. The van der Waals surface area contributed by atoms with Crippen LogP contribution in [0.15, 0.2) is 83.8 Å². The molecule has 1 unspecified atom stereocenters. The summed E-state index contributed by atoms with van der Waals surface area (Å²) in [6, 6.07) is 21.2.